The van der Waals surface area contributed by atoms with Crippen molar-refractivity contribution in [2.45, 2.75) is 95.6 Å². The number of fused-ring (bicyclic) bond motifs is 3. The number of hydrogen-bond acceptors (Lipinski definition) is 9. The first-order valence-corrected chi connectivity index (χ1v) is 21.6. The van der Waals surface area contributed by atoms with Crippen molar-refractivity contribution in [2.24, 2.45) is 22.9 Å². The standard InChI is InChI=1S/C48H61ClN2O8/c1-6-26-55-36-21-22-42-40(30-36)44-38(20-11-13-25-53)34(16-10-12-24-52)29-39-41(50-59-47(3,4)5)31-43(48(58-42,45(39)44)57-27-7-2)51(46(54)56-28-23-49)32-35-18-14-17-33-15-8-9-19-37(33)35/h6-9,14-15,17-19,21-22,29-30,34,38,43-45,52-53H,1-2,10-13,16,20,23-28,31-32H2,3-5H3/t34-,38+,43-,44+,45+,48+/m0/s1. The van der Waals surface area contributed by atoms with Gasteiger partial charge in [0.2, 0.25) is 5.79 Å². The van der Waals surface area contributed by atoms with E-state index in [-0.39, 0.29) is 63.0 Å². The van der Waals surface area contributed by atoms with Crippen molar-refractivity contribution in [3.05, 3.63) is 109 Å². The van der Waals surface area contributed by atoms with Gasteiger partial charge in [0.25, 0.3) is 0 Å². The predicted octanol–water partition coefficient (Wildman–Crippen LogP) is 9.71. The van der Waals surface area contributed by atoms with E-state index in [1.807, 2.05) is 57.2 Å². The molecule has 6 atom stereocenters. The van der Waals surface area contributed by atoms with E-state index in [9.17, 15) is 15.0 Å². The zero-order valence-electron chi connectivity index (χ0n) is 34.8. The molecule has 0 aromatic heterocycles. The molecule has 1 aliphatic heterocycles. The fourth-order valence-corrected chi connectivity index (χ4v) is 9.29. The molecule has 6 rings (SSSR count). The Hall–Kier alpha value is -4.35. The van der Waals surface area contributed by atoms with Gasteiger partial charge in [-0.1, -0.05) is 85.3 Å². The maximum atomic E-state index is 14.7. The lowest BCUT2D eigenvalue weighted by molar-refractivity contribution is -0.256. The normalized spacial score (nSPS) is 24.0. The summed E-state index contributed by atoms with van der Waals surface area (Å²) < 4.78 is 26.5. The Morgan fingerprint density at radius 2 is 1.75 bits per heavy atom. The minimum Gasteiger partial charge on any atom is -0.490 e. The van der Waals surface area contributed by atoms with E-state index in [4.69, 9.17) is 40.5 Å². The number of oxime groups is 1. The molecular formula is C48H61ClN2O8. The second-order valence-corrected chi connectivity index (χ2v) is 17.0. The fourth-order valence-electron chi connectivity index (χ4n) is 9.21. The lowest BCUT2D eigenvalue weighted by Gasteiger charge is -2.60. The topological polar surface area (TPSA) is 119 Å². The highest BCUT2D eigenvalue weighted by molar-refractivity contribution is 6.18. The van der Waals surface area contributed by atoms with Crippen LogP contribution in [0, 0.1) is 17.8 Å². The van der Waals surface area contributed by atoms with Crippen LogP contribution in [-0.2, 0) is 20.9 Å². The van der Waals surface area contributed by atoms with Gasteiger partial charge in [-0.05, 0) is 98.4 Å². The van der Waals surface area contributed by atoms with Crippen LogP contribution in [0.25, 0.3) is 10.8 Å². The summed E-state index contributed by atoms with van der Waals surface area (Å²) >= 11 is 6.14. The van der Waals surface area contributed by atoms with Crippen LogP contribution in [0.5, 0.6) is 11.5 Å². The SMILES string of the molecule is C=CCOc1ccc2c(c1)[C@H]1[C@H](CCCCO)[C@@H](CCCCO)C=C3C(=NOC(C)(C)C)C[C@H](N(Cc4cccc5ccccc45)C(=O)OCCCl)[C@@](OCC=C)(O2)[C@H]31. The molecule has 1 heterocycles. The van der Waals surface area contributed by atoms with Crippen molar-refractivity contribution >= 4 is 34.2 Å². The smallest absolute Gasteiger partial charge is 0.410 e. The average molecular weight is 829 g/mol. The number of carbonyl (C=O) groups is 1. The molecular weight excluding hydrogens is 768 g/mol. The minimum atomic E-state index is -1.45. The number of allylic oxidation sites excluding steroid dienone is 1. The van der Waals surface area contributed by atoms with Gasteiger partial charge in [0.1, 0.15) is 36.4 Å². The van der Waals surface area contributed by atoms with Gasteiger partial charge in [-0.2, -0.15) is 0 Å². The number of halogens is 1. The van der Waals surface area contributed by atoms with Crippen LogP contribution in [0.15, 0.2) is 103 Å². The first kappa shape index (κ1) is 44.2. The summed E-state index contributed by atoms with van der Waals surface area (Å²) in [5.41, 5.74) is 2.96. The maximum absolute atomic E-state index is 14.7. The summed E-state index contributed by atoms with van der Waals surface area (Å²) in [5.74, 6) is -0.506. The number of carbonyl (C=O) groups excluding carboxylic acids is 1. The summed E-state index contributed by atoms with van der Waals surface area (Å²) in [6, 6.07) is 19.4. The number of aliphatic hydroxyl groups excluding tert-OH is 2. The highest BCUT2D eigenvalue weighted by Gasteiger charge is 2.65. The number of benzene rings is 3. The summed E-state index contributed by atoms with van der Waals surface area (Å²) in [6.45, 7) is 14.7. The Morgan fingerprint density at radius 3 is 2.47 bits per heavy atom. The van der Waals surface area contributed by atoms with E-state index in [1.54, 1.807) is 17.1 Å². The Morgan fingerprint density at radius 1 is 1.00 bits per heavy atom. The highest BCUT2D eigenvalue weighted by Crippen LogP contribution is 2.62. The average Bonchev–Trinajstić information content (AvgIpc) is 3.23. The van der Waals surface area contributed by atoms with Gasteiger partial charge in [-0.15, -0.1) is 18.2 Å². The molecule has 10 nitrogen and oxygen atoms in total. The lowest BCUT2D eigenvalue weighted by Crippen LogP contribution is -2.70. The third-order valence-corrected chi connectivity index (χ3v) is 11.7. The summed E-state index contributed by atoms with van der Waals surface area (Å²) in [6.07, 6.45) is 10.1. The van der Waals surface area contributed by atoms with E-state index in [0.29, 0.717) is 36.7 Å². The van der Waals surface area contributed by atoms with Crippen molar-refractivity contribution in [3.8, 4) is 11.5 Å². The number of alkyl halides is 1. The molecule has 0 bridgehead atoms. The van der Waals surface area contributed by atoms with Crippen LogP contribution in [0.2, 0.25) is 0 Å². The molecule has 0 saturated heterocycles. The van der Waals surface area contributed by atoms with E-state index in [0.717, 1.165) is 53.2 Å². The van der Waals surface area contributed by atoms with Gasteiger partial charge < -0.3 is 34.0 Å². The maximum Gasteiger partial charge on any atom is 0.410 e. The summed E-state index contributed by atoms with van der Waals surface area (Å²) in [5, 5.41) is 26.8. The van der Waals surface area contributed by atoms with Crippen molar-refractivity contribution in [1.29, 1.82) is 0 Å². The molecule has 1 fully saturated rings. The van der Waals surface area contributed by atoms with Crippen LogP contribution in [0.4, 0.5) is 4.79 Å². The molecule has 1 amide bonds. The van der Waals surface area contributed by atoms with E-state index in [1.165, 1.54) is 0 Å². The van der Waals surface area contributed by atoms with E-state index < -0.39 is 29.4 Å². The Labute approximate surface area is 354 Å². The first-order chi connectivity index (χ1) is 28.6. The van der Waals surface area contributed by atoms with Crippen LogP contribution in [0.1, 0.15) is 82.8 Å². The number of rotatable bonds is 20. The van der Waals surface area contributed by atoms with Crippen molar-refractivity contribution in [3.63, 3.8) is 0 Å². The van der Waals surface area contributed by atoms with Gasteiger partial charge in [0, 0.05) is 31.1 Å². The molecule has 0 unspecified atom stereocenters. The Kier molecular flexibility index (Phi) is 15.2. The molecule has 59 heavy (non-hydrogen) atoms. The number of aliphatic hydroxyl groups is 2. The van der Waals surface area contributed by atoms with Crippen LogP contribution in [0.3, 0.4) is 0 Å². The zero-order valence-corrected chi connectivity index (χ0v) is 35.6. The molecule has 3 aromatic carbocycles. The number of unbranched alkanes of at least 4 members (excludes halogenated alkanes) is 2. The zero-order chi connectivity index (χ0) is 42.0. The number of hydrogen-bond donors (Lipinski definition) is 2. The monoisotopic (exact) mass is 828 g/mol. The van der Waals surface area contributed by atoms with Crippen LogP contribution in [-0.4, -0.2) is 83.3 Å². The van der Waals surface area contributed by atoms with Crippen molar-refractivity contribution in [2.75, 3.05) is 38.9 Å². The quantitative estimate of drug-likeness (QED) is 0.0501. The van der Waals surface area contributed by atoms with E-state index in [2.05, 4.69) is 43.5 Å². The van der Waals surface area contributed by atoms with Gasteiger partial charge in [0.05, 0.1) is 30.7 Å². The molecule has 11 heteroatoms. The minimum absolute atomic E-state index is 0.0184. The lowest BCUT2D eigenvalue weighted by atomic mass is 9.55. The summed E-state index contributed by atoms with van der Waals surface area (Å²) in [7, 11) is 0. The van der Waals surface area contributed by atoms with Gasteiger partial charge in [-0.3, -0.25) is 4.90 Å². The largest absolute Gasteiger partial charge is 0.490 e. The van der Waals surface area contributed by atoms with Crippen molar-refractivity contribution in [1.82, 2.24) is 4.90 Å². The molecule has 0 spiro atoms. The van der Waals surface area contributed by atoms with Gasteiger partial charge >= 0.3 is 6.09 Å². The van der Waals surface area contributed by atoms with Gasteiger partial charge in [-0.25, -0.2) is 4.79 Å². The molecule has 318 valence electrons. The summed E-state index contributed by atoms with van der Waals surface area (Å²) in [4.78, 5) is 22.7. The molecule has 3 aliphatic rings. The third-order valence-electron chi connectivity index (χ3n) is 11.6. The fraction of sp³-hybridized carbons (Fsp3) is 0.500. The van der Waals surface area contributed by atoms with Crippen LogP contribution >= 0.6 is 11.6 Å². The molecule has 1 saturated carbocycles. The molecule has 3 aromatic rings. The number of ether oxygens (including phenoxy) is 4. The Balaban J connectivity index is 1.64. The number of amides is 1. The second-order valence-electron chi connectivity index (χ2n) is 16.6. The highest BCUT2D eigenvalue weighted by atomic mass is 35.5. The van der Waals surface area contributed by atoms with Crippen molar-refractivity contribution < 1.29 is 38.8 Å². The second kappa shape index (κ2) is 20.3. The molecule has 2 N–H and O–H groups in total. The predicted molar refractivity (Wildman–Crippen MR) is 233 cm³/mol. The Bertz CT molecular complexity index is 1970. The number of nitrogens with zero attached hydrogens (tertiary/aromatic N) is 2. The van der Waals surface area contributed by atoms with E-state index >= 15 is 0 Å². The van der Waals surface area contributed by atoms with Crippen LogP contribution < -0.4 is 9.47 Å². The first-order valence-electron chi connectivity index (χ1n) is 21.0. The molecule has 0 radical (unpaired) electrons. The van der Waals surface area contributed by atoms with Gasteiger partial charge in [0.15, 0.2) is 0 Å². The third kappa shape index (κ3) is 10.00. The molecule has 2 aliphatic carbocycles.